The van der Waals surface area contributed by atoms with Gasteiger partial charge in [-0.2, -0.15) is 18.3 Å². The fraction of sp³-hybridized carbons (Fsp3) is 0.273. The minimum absolute atomic E-state index is 0.118. The highest BCUT2D eigenvalue weighted by Gasteiger charge is 2.30. The Morgan fingerprint density at radius 2 is 1.91 bits per heavy atom. The molecule has 0 radical (unpaired) electrons. The van der Waals surface area contributed by atoms with Crippen LogP contribution in [0.2, 0.25) is 5.02 Å². The van der Waals surface area contributed by atoms with E-state index in [9.17, 15) is 31.9 Å². The Bertz CT molecular complexity index is 1100. The van der Waals surface area contributed by atoms with Gasteiger partial charge in [-0.3, -0.25) is 14.7 Å². The van der Waals surface area contributed by atoms with E-state index >= 15 is 4.39 Å². The molecule has 0 aliphatic heterocycles. The number of likely N-dealkylation sites (N-methyl/N-ethyl adjacent to an activating group) is 1. The highest BCUT2D eigenvalue weighted by molar-refractivity contribution is 6.32. The molecule has 13 heteroatoms. The lowest BCUT2D eigenvalue weighted by Crippen LogP contribution is -2.34. The fourth-order valence-electron chi connectivity index (χ4n) is 2.83. The summed E-state index contributed by atoms with van der Waals surface area (Å²) in [6.07, 6.45) is -3.84. The summed E-state index contributed by atoms with van der Waals surface area (Å²) in [4.78, 5) is 12.1. The number of carbonyl (C=O) groups excluding carboxylic acids is 1. The number of aliphatic hydroxyl groups excluding tert-OH is 1. The molecule has 1 amide bonds. The van der Waals surface area contributed by atoms with Gasteiger partial charge in [0.25, 0.3) is 0 Å². The zero-order valence-electron chi connectivity index (χ0n) is 18.4. The van der Waals surface area contributed by atoms with Gasteiger partial charge in [-0.05, 0) is 31.2 Å². The third-order valence-electron chi connectivity index (χ3n) is 4.52. The lowest BCUT2D eigenvalue weighted by atomic mass is 10.1. The number of rotatable bonds is 9. The molecule has 2 aromatic rings. The van der Waals surface area contributed by atoms with Crippen LogP contribution in [-0.4, -0.2) is 55.2 Å². The largest absolute Gasteiger partial charge is 0.483 e. The predicted molar refractivity (Wildman–Crippen MR) is 120 cm³/mol. The van der Waals surface area contributed by atoms with Crippen LogP contribution in [0.1, 0.15) is 18.1 Å². The first-order chi connectivity index (χ1) is 16.4. The van der Waals surface area contributed by atoms with Crippen LogP contribution in [0.4, 0.5) is 32.0 Å². The normalized spacial score (nSPS) is 12.5. The molecule has 1 N–H and O–H groups in total. The van der Waals surface area contributed by atoms with Gasteiger partial charge in [0, 0.05) is 25.2 Å². The topological polar surface area (TPSA) is 65.4 Å². The van der Waals surface area contributed by atoms with Crippen LogP contribution in [-0.2, 0) is 4.79 Å². The number of carbonyl (C=O) groups is 1. The minimum Gasteiger partial charge on any atom is -0.483 e. The summed E-state index contributed by atoms with van der Waals surface area (Å²) in [5.74, 6) is -4.29. The summed E-state index contributed by atoms with van der Waals surface area (Å²) in [5, 5.41) is 14.0. The van der Waals surface area contributed by atoms with Crippen LogP contribution in [0.3, 0.4) is 0 Å². The van der Waals surface area contributed by atoms with Crippen molar-refractivity contribution in [3.63, 3.8) is 0 Å². The number of hydrazone groups is 1. The van der Waals surface area contributed by atoms with Gasteiger partial charge >= 0.3 is 6.18 Å². The van der Waals surface area contributed by atoms with Gasteiger partial charge in [-0.25, -0.2) is 13.2 Å². The average molecular weight is 524 g/mol. The van der Waals surface area contributed by atoms with E-state index in [0.29, 0.717) is 18.6 Å². The second-order valence-electron chi connectivity index (χ2n) is 6.92. The Morgan fingerprint density at radius 1 is 1.23 bits per heavy atom. The number of benzene rings is 2. The Balaban J connectivity index is 2.61. The number of anilines is 1. The van der Waals surface area contributed by atoms with Crippen molar-refractivity contribution in [2.45, 2.75) is 13.1 Å². The van der Waals surface area contributed by atoms with Gasteiger partial charge in [0.05, 0.1) is 16.3 Å². The number of ether oxygens (including phenoxy) is 1. The third-order valence-corrected chi connectivity index (χ3v) is 4.85. The quantitative estimate of drug-likeness (QED) is 0.122. The van der Waals surface area contributed by atoms with E-state index in [2.05, 4.69) is 5.10 Å². The maximum absolute atomic E-state index is 15.0. The molecule has 190 valence electrons. The molecule has 2 aromatic carbocycles. The van der Waals surface area contributed by atoms with E-state index in [0.717, 1.165) is 22.0 Å². The van der Waals surface area contributed by atoms with Crippen molar-refractivity contribution < 1.29 is 41.0 Å². The van der Waals surface area contributed by atoms with Crippen LogP contribution in [0, 0.1) is 11.6 Å². The van der Waals surface area contributed by atoms with Crippen LogP contribution in [0.25, 0.3) is 11.9 Å². The predicted octanol–water partition coefficient (Wildman–Crippen LogP) is 5.25. The zero-order chi connectivity index (χ0) is 26.3. The van der Waals surface area contributed by atoms with Gasteiger partial charge in [0.1, 0.15) is 29.8 Å². The van der Waals surface area contributed by atoms with E-state index < -0.39 is 59.4 Å². The lowest BCUT2D eigenvalue weighted by molar-refractivity contribution is -0.153. The molecule has 0 spiro atoms. The second-order valence-corrected chi connectivity index (χ2v) is 7.33. The van der Waals surface area contributed by atoms with Crippen molar-refractivity contribution in [2.24, 2.45) is 5.10 Å². The Morgan fingerprint density at radius 3 is 2.46 bits per heavy atom. The van der Waals surface area contributed by atoms with Crippen molar-refractivity contribution in [3.8, 4) is 5.75 Å². The number of hydrogen-bond donors (Lipinski definition) is 1. The Kier molecular flexibility index (Phi) is 9.55. The summed E-state index contributed by atoms with van der Waals surface area (Å²) in [7, 11) is 1.19. The molecule has 0 saturated carbocycles. The van der Waals surface area contributed by atoms with Gasteiger partial charge in [-0.1, -0.05) is 17.7 Å². The van der Waals surface area contributed by atoms with Crippen LogP contribution in [0.5, 0.6) is 5.75 Å². The number of hydrogen-bond acceptors (Lipinski definition) is 5. The highest BCUT2D eigenvalue weighted by Crippen LogP contribution is 2.36. The summed E-state index contributed by atoms with van der Waals surface area (Å²) in [6.45, 7) is -0.848. The molecule has 0 fully saturated rings. The van der Waals surface area contributed by atoms with E-state index in [1.54, 1.807) is 6.92 Å². The molecule has 0 aromatic heterocycles. The van der Waals surface area contributed by atoms with Crippen LogP contribution < -0.4 is 9.75 Å². The van der Waals surface area contributed by atoms with E-state index in [-0.39, 0.29) is 17.4 Å². The first-order valence-electron chi connectivity index (χ1n) is 9.90. The standard InChI is InChI=1S/C22H20ClF6N3O3/c1-3-32(12-34)21(10-33)30-31(2)19-9-20(35-11-22(27,28)29)14(8-18(19)26)17(25)7-13-15(23)5-4-6-16(13)24/h4-9,12,33H,3,10-11H2,1-2H3/b17-7-,30-21-. The fourth-order valence-corrected chi connectivity index (χ4v) is 3.05. The third kappa shape index (κ3) is 7.36. The summed E-state index contributed by atoms with van der Waals surface area (Å²) in [6, 6.07) is 4.81. The summed E-state index contributed by atoms with van der Waals surface area (Å²) >= 11 is 5.86. The number of halogens is 7. The van der Waals surface area contributed by atoms with Gasteiger partial charge in [0.2, 0.25) is 6.41 Å². The average Bonchev–Trinajstić information content (AvgIpc) is 2.79. The molecule has 0 aliphatic rings. The SMILES string of the molecule is CCN(C=O)/C(CO)=N\N(C)c1cc(OCC(F)(F)F)c(/C(F)=C/c2c(F)cccc2Cl)cc1F. The molecule has 0 atom stereocenters. The lowest BCUT2D eigenvalue weighted by Gasteiger charge is -2.22. The number of nitrogens with zero attached hydrogens (tertiary/aromatic N) is 3. The Hall–Kier alpha value is -3.25. The van der Waals surface area contributed by atoms with Gasteiger partial charge in [0.15, 0.2) is 12.4 Å². The maximum atomic E-state index is 15.0. The first-order valence-corrected chi connectivity index (χ1v) is 10.3. The van der Waals surface area contributed by atoms with E-state index in [1.165, 1.54) is 19.2 Å². The molecule has 2 rings (SSSR count). The van der Waals surface area contributed by atoms with Crippen molar-refractivity contribution in [1.29, 1.82) is 0 Å². The smallest absolute Gasteiger partial charge is 0.422 e. The molecule has 6 nitrogen and oxygen atoms in total. The van der Waals surface area contributed by atoms with Crippen molar-refractivity contribution in [2.75, 3.05) is 31.8 Å². The first kappa shape index (κ1) is 28.0. The van der Waals surface area contributed by atoms with Crippen LogP contribution in [0.15, 0.2) is 35.4 Å². The number of alkyl halides is 3. The zero-order valence-corrected chi connectivity index (χ0v) is 19.2. The number of aliphatic hydroxyl groups is 1. The van der Waals surface area contributed by atoms with Crippen molar-refractivity contribution >= 4 is 41.4 Å². The molecule has 0 heterocycles. The van der Waals surface area contributed by atoms with Gasteiger partial charge < -0.3 is 9.84 Å². The maximum Gasteiger partial charge on any atom is 0.422 e. The molecular formula is C22H20ClF6N3O3. The van der Waals surface area contributed by atoms with Gasteiger partial charge in [-0.15, -0.1) is 0 Å². The molecule has 0 saturated heterocycles. The molecule has 0 bridgehead atoms. The molecule has 0 aliphatic carbocycles. The summed E-state index contributed by atoms with van der Waals surface area (Å²) in [5.41, 5.74) is -1.60. The Labute approximate surface area is 201 Å². The number of amidine groups is 1. The second kappa shape index (κ2) is 11.9. The minimum atomic E-state index is -4.81. The highest BCUT2D eigenvalue weighted by atomic mass is 35.5. The monoisotopic (exact) mass is 523 g/mol. The summed E-state index contributed by atoms with van der Waals surface area (Å²) < 4.78 is 87.0. The van der Waals surface area contributed by atoms with Crippen molar-refractivity contribution in [3.05, 3.63) is 58.1 Å². The van der Waals surface area contributed by atoms with E-state index in [4.69, 9.17) is 16.3 Å². The van der Waals surface area contributed by atoms with Crippen LogP contribution >= 0.6 is 11.6 Å². The van der Waals surface area contributed by atoms with Crippen molar-refractivity contribution in [1.82, 2.24) is 4.90 Å². The van der Waals surface area contributed by atoms with E-state index in [1.807, 2.05) is 0 Å². The number of amides is 1. The molecule has 0 unspecified atom stereocenters. The molecule has 35 heavy (non-hydrogen) atoms. The molecular weight excluding hydrogens is 504 g/mol.